The second-order valence-corrected chi connectivity index (χ2v) is 14.0. The molecule has 0 saturated carbocycles. The average Bonchev–Trinajstić information content (AvgIpc) is 3.02. The van der Waals surface area contributed by atoms with Crippen LogP contribution in [0.4, 0.5) is 18.0 Å². The second-order valence-electron chi connectivity index (χ2n) is 14.0. The SMILES string of the molecule is CC(C)=C(NC(=O)C(C)(C)/C=C/c1ccc2ccc([C@H](NC(=O)OC(C)(C)C)C(F)(F)F)nc2c1)C(=O)N[C@@H](C)C(=O)N1CCC[C@@H](C(=O)O)N1. The number of pyridine rings is 1. The van der Waals surface area contributed by atoms with E-state index >= 15 is 0 Å². The average molecular weight is 719 g/mol. The molecule has 0 spiro atoms. The van der Waals surface area contributed by atoms with Crippen LogP contribution in [0.3, 0.4) is 0 Å². The molecule has 13 nitrogen and oxygen atoms in total. The summed E-state index contributed by atoms with van der Waals surface area (Å²) in [4.78, 5) is 67.2. The van der Waals surface area contributed by atoms with Crippen molar-refractivity contribution in [2.24, 2.45) is 5.41 Å². The van der Waals surface area contributed by atoms with Crippen molar-refractivity contribution in [3.05, 3.63) is 58.9 Å². The quantitative estimate of drug-likeness (QED) is 0.214. The third-order valence-electron chi connectivity index (χ3n) is 7.73. The number of halogens is 3. The second kappa shape index (κ2) is 15.9. The molecule has 5 N–H and O–H groups in total. The molecule has 1 aromatic carbocycles. The fourth-order valence-electron chi connectivity index (χ4n) is 4.91. The lowest BCUT2D eigenvalue weighted by molar-refractivity contribution is -0.157. The van der Waals surface area contributed by atoms with Crippen molar-refractivity contribution in [2.45, 2.75) is 98.1 Å². The zero-order chi connectivity index (χ0) is 38.5. The minimum Gasteiger partial charge on any atom is -0.480 e. The maximum atomic E-state index is 14.0. The van der Waals surface area contributed by atoms with Crippen molar-refractivity contribution >= 4 is 46.8 Å². The van der Waals surface area contributed by atoms with Crippen LogP contribution in [0.5, 0.6) is 0 Å². The first-order chi connectivity index (χ1) is 23.5. The van der Waals surface area contributed by atoms with Gasteiger partial charge in [0, 0.05) is 11.9 Å². The van der Waals surface area contributed by atoms with Crippen LogP contribution >= 0.6 is 0 Å². The van der Waals surface area contributed by atoms with Gasteiger partial charge in [-0.05, 0) is 91.5 Å². The molecule has 1 saturated heterocycles. The summed E-state index contributed by atoms with van der Waals surface area (Å²) in [6.07, 6.45) is -2.13. The Balaban J connectivity index is 1.74. The summed E-state index contributed by atoms with van der Waals surface area (Å²) in [7, 11) is 0. The predicted molar refractivity (Wildman–Crippen MR) is 182 cm³/mol. The maximum Gasteiger partial charge on any atom is 0.414 e. The number of rotatable bonds is 10. The van der Waals surface area contributed by atoms with Crippen LogP contribution in [-0.2, 0) is 23.9 Å². The molecule has 0 aliphatic carbocycles. The first-order valence-corrected chi connectivity index (χ1v) is 16.2. The first-order valence-electron chi connectivity index (χ1n) is 16.2. The Hall–Kier alpha value is -4.99. The monoisotopic (exact) mass is 718 g/mol. The maximum absolute atomic E-state index is 14.0. The molecule has 0 unspecified atom stereocenters. The summed E-state index contributed by atoms with van der Waals surface area (Å²) in [5.41, 5.74) is 1.11. The van der Waals surface area contributed by atoms with E-state index in [1.165, 1.54) is 50.9 Å². The minimum absolute atomic E-state index is 0.0715. The van der Waals surface area contributed by atoms with Gasteiger partial charge in [0.1, 0.15) is 23.4 Å². The summed E-state index contributed by atoms with van der Waals surface area (Å²) < 4.78 is 47.0. The molecule has 1 aliphatic heterocycles. The fraction of sp³-hybridized carbons (Fsp3) is 0.486. The van der Waals surface area contributed by atoms with Crippen LogP contribution in [0, 0.1) is 5.41 Å². The summed E-state index contributed by atoms with van der Waals surface area (Å²) in [5.74, 6) is -2.91. The van der Waals surface area contributed by atoms with E-state index in [0.29, 0.717) is 29.4 Å². The molecule has 3 rings (SSSR count). The first kappa shape index (κ1) is 40.4. The van der Waals surface area contributed by atoms with Crippen LogP contribution in [0.1, 0.15) is 85.5 Å². The molecule has 278 valence electrons. The number of hydrogen-bond acceptors (Lipinski definition) is 8. The van der Waals surface area contributed by atoms with Gasteiger partial charge in [0.05, 0.1) is 16.6 Å². The van der Waals surface area contributed by atoms with E-state index in [2.05, 4.69) is 21.0 Å². The van der Waals surface area contributed by atoms with E-state index in [-0.39, 0.29) is 17.8 Å². The zero-order valence-electron chi connectivity index (χ0n) is 29.8. The van der Waals surface area contributed by atoms with Crippen molar-refractivity contribution < 1.29 is 47.0 Å². The van der Waals surface area contributed by atoms with Gasteiger partial charge in [0.15, 0.2) is 6.04 Å². The van der Waals surface area contributed by atoms with Crippen molar-refractivity contribution in [1.29, 1.82) is 0 Å². The van der Waals surface area contributed by atoms with Gasteiger partial charge in [-0.1, -0.05) is 30.4 Å². The molecule has 1 fully saturated rings. The van der Waals surface area contributed by atoms with Crippen LogP contribution in [0.25, 0.3) is 17.0 Å². The number of alkyl carbamates (subject to hydrolysis) is 1. The number of fused-ring (bicyclic) bond motifs is 1. The standard InChI is InChI=1S/C35H45F3N6O7/c1-19(2)26(28(45)39-20(3)29(46)44-17-9-10-24(43-44)30(47)48)41-31(49)34(7,8)16-15-21-11-12-22-13-14-23(40-25(22)18-21)27(35(36,37)38)42-32(50)51-33(4,5)6/h11-16,18,20,24,27,43H,9-10,17H2,1-8H3,(H,39,45)(H,41,49)(H,42,50)(H,47,48)/b16-15+/t20-,24-,27-/m0/s1. The molecule has 1 aromatic heterocycles. The number of benzene rings is 1. The molecular formula is C35H45F3N6O7. The number of carboxylic acid groups (broad SMARTS) is 1. The van der Waals surface area contributed by atoms with E-state index in [9.17, 15) is 42.3 Å². The largest absolute Gasteiger partial charge is 0.480 e. The topological polar surface area (TPSA) is 179 Å². The highest BCUT2D eigenvalue weighted by atomic mass is 19.4. The molecule has 2 heterocycles. The third kappa shape index (κ3) is 11.3. The molecular weight excluding hydrogens is 673 g/mol. The Labute approximate surface area is 294 Å². The highest BCUT2D eigenvalue weighted by molar-refractivity contribution is 6.01. The molecule has 3 atom stereocenters. The number of hydrogen-bond donors (Lipinski definition) is 5. The van der Waals surface area contributed by atoms with Gasteiger partial charge in [0.2, 0.25) is 5.91 Å². The number of nitrogens with zero attached hydrogens (tertiary/aromatic N) is 2. The Kier molecular flexibility index (Phi) is 12.6. The zero-order valence-corrected chi connectivity index (χ0v) is 29.8. The lowest BCUT2D eigenvalue weighted by Gasteiger charge is -2.33. The Bertz CT molecular complexity index is 1730. The summed E-state index contributed by atoms with van der Waals surface area (Å²) >= 11 is 0. The van der Waals surface area contributed by atoms with Crippen LogP contribution in [0.2, 0.25) is 0 Å². The lowest BCUT2D eigenvalue weighted by atomic mass is 9.90. The van der Waals surface area contributed by atoms with E-state index in [0.717, 1.165) is 0 Å². The van der Waals surface area contributed by atoms with Gasteiger partial charge < -0.3 is 25.8 Å². The predicted octanol–water partition coefficient (Wildman–Crippen LogP) is 4.90. The molecule has 0 bridgehead atoms. The van der Waals surface area contributed by atoms with Gasteiger partial charge in [-0.15, -0.1) is 0 Å². The lowest BCUT2D eigenvalue weighted by Crippen LogP contribution is -2.59. The number of hydrazine groups is 1. The Morgan fingerprint density at radius 2 is 1.69 bits per heavy atom. The van der Waals surface area contributed by atoms with E-state index in [1.807, 2.05) is 5.32 Å². The normalized spacial score (nSPS) is 16.6. The molecule has 16 heteroatoms. The van der Waals surface area contributed by atoms with Gasteiger partial charge in [0.25, 0.3) is 11.8 Å². The Morgan fingerprint density at radius 1 is 1.04 bits per heavy atom. The van der Waals surface area contributed by atoms with Gasteiger partial charge in [-0.2, -0.15) is 13.2 Å². The van der Waals surface area contributed by atoms with E-state index in [1.54, 1.807) is 52.0 Å². The number of carbonyl (C=O) groups is 5. The number of carboxylic acids is 1. The van der Waals surface area contributed by atoms with Crippen molar-refractivity contribution in [3.63, 3.8) is 0 Å². The fourth-order valence-corrected chi connectivity index (χ4v) is 4.91. The van der Waals surface area contributed by atoms with Gasteiger partial charge in [-0.3, -0.25) is 29.2 Å². The number of carbonyl (C=O) groups excluding carboxylic acids is 4. The van der Waals surface area contributed by atoms with Crippen LogP contribution < -0.4 is 21.4 Å². The minimum atomic E-state index is -4.86. The number of aliphatic carboxylic acids is 1. The van der Waals surface area contributed by atoms with Crippen molar-refractivity contribution in [3.8, 4) is 0 Å². The van der Waals surface area contributed by atoms with Crippen molar-refractivity contribution in [1.82, 2.24) is 31.4 Å². The number of allylic oxidation sites excluding steroid dienone is 1. The Morgan fingerprint density at radius 3 is 2.27 bits per heavy atom. The number of nitrogens with one attached hydrogen (secondary N) is 4. The number of aromatic nitrogens is 1. The van der Waals surface area contributed by atoms with E-state index < -0.39 is 70.8 Å². The molecule has 0 radical (unpaired) electrons. The summed E-state index contributed by atoms with van der Waals surface area (Å²) in [6.45, 7) is 12.7. The molecule has 51 heavy (non-hydrogen) atoms. The highest BCUT2D eigenvalue weighted by Crippen LogP contribution is 2.33. The smallest absolute Gasteiger partial charge is 0.414 e. The van der Waals surface area contributed by atoms with Crippen LogP contribution in [0.15, 0.2) is 47.7 Å². The van der Waals surface area contributed by atoms with Gasteiger partial charge >= 0.3 is 18.2 Å². The highest BCUT2D eigenvalue weighted by Gasteiger charge is 2.44. The summed E-state index contributed by atoms with van der Waals surface area (Å²) in [6, 6.07) is 3.11. The molecule has 2 aromatic rings. The van der Waals surface area contributed by atoms with Crippen molar-refractivity contribution in [2.75, 3.05) is 6.54 Å². The van der Waals surface area contributed by atoms with E-state index in [4.69, 9.17) is 4.74 Å². The third-order valence-corrected chi connectivity index (χ3v) is 7.73. The molecule has 1 aliphatic rings. The number of amides is 4. The number of alkyl halides is 3. The van der Waals surface area contributed by atoms with Crippen LogP contribution in [-0.4, -0.2) is 75.3 Å². The summed E-state index contributed by atoms with van der Waals surface area (Å²) in [5, 5.41) is 18.0. The molecule has 4 amide bonds. The van der Waals surface area contributed by atoms with Gasteiger partial charge in [-0.25, -0.2) is 10.2 Å². The number of ether oxygens (including phenoxy) is 1.